The monoisotopic (exact) mass is 286 g/mol. The van der Waals surface area contributed by atoms with E-state index in [0.717, 1.165) is 18.8 Å². The van der Waals surface area contributed by atoms with Crippen molar-refractivity contribution in [1.29, 1.82) is 0 Å². The zero-order chi connectivity index (χ0) is 14.2. The highest BCUT2D eigenvalue weighted by atomic mass is 32.2. The smallest absolute Gasteiger partial charge is 0.0312 e. The van der Waals surface area contributed by atoms with Gasteiger partial charge in [-0.05, 0) is 35.2 Å². The van der Waals surface area contributed by atoms with Crippen LogP contribution < -0.4 is 5.32 Å². The van der Waals surface area contributed by atoms with Crippen molar-refractivity contribution in [3.63, 3.8) is 0 Å². The molecule has 2 nitrogen and oxygen atoms in total. The van der Waals surface area contributed by atoms with Crippen LogP contribution in [0.2, 0.25) is 0 Å². The van der Waals surface area contributed by atoms with Gasteiger partial charge in [-0.3, -0.25) is 4.98 Å². The highest BCUT2D eigenvalue weighted by molar-refractivity contribution is 7.99. The topological polar surface area (TPSA) is 24.9 Å². The van der Waals surface area contributed by atoms with Crippen LogP contribution in [0.3, 0.4) is 0 Å². The minimum Gasteiger partial charge on any atom is -0.312 e. The van der Waals surface area contributed by atoms with E-state index in [4.69, 9.17) is 0 Å². The second kappa shape index (κ2) is 8.08. The highest BCUT2D eigenvalue weighted by Crippen LogP contribution is 2.21. The standard InChI is InChI=1S/C17H22N2S/c1-14(2)16-5-7-17(8-6-16)20-11-10-19-13-15-4-3-9-18-12-15/h3-9,12,14,19H,10-11,13H2,1-2H3. The number of thioether (sulfide) groups is 1. The average Bonchev–Trinajstić information content (AvgIpc) is 2.48. The van der Waals surface area contributed by atoms with Crippen LogP contribution in [0.15, 0.2) is 53.7 Å². The quantitative estimate of drug-likeness (QED) is 0.613. The zero-order valence-corrected chi connectivity index (χ0v) is 13.0. The van der Waals surface area contributed by atoms with Gasteiger partial charge in [0.1, 0.15) is 0 Å². The van der Waals surface area contributed by atoms with Gasteiger partial charge in [0.25, 0.3) is 0 Å². The third-order valence-electron chi connectivity index (χ3n) is 3.15. The molecule has 1 N–H and O–H groups in total. The van der Waals surface area contributed by atoms with E-state index in [2.05, 4.69) is 54.5 Å². The average molecular weight is 286 g/mol. The lowest BCUT2D eigenvalue weighted by Crippen LogP contribution is -2.16. The zero-order valence-electron chi connectivity index (χ0n) is 12.2. The summed E-state index contributed by atoms with van der Waals surface area (Å²) in [5.74, 6) is 1.69. The first-order valence-corrected chi connectivity index (χ1v) is 8.06. The summed E-state index contributed by atoms with van der Waals surface area (Å²) in [4.78, 5) is 5.45. The normalized spacial score (nSPS) is 10.9. The van der Waals surface area contributed by atoms with E-state index in [-0.39, 0.29) is 0 Å². The molecule has 0 aliphatic carbocycles. The summed E-state index contributed by atoms with van der Waals surface area (Å²) in [5, 5.41) is 3.44. The molecule has 20 heavy (non-hydrogen) atoms. The Bertz CT molecular complexity index is 494. The van der Waals surface area contributed by atoms with Crippen molar-refractivity contribution in [2.45, 2.75) is 31.2 Å². The van der Waals surface area contributed by atoms with E-state index in [0.29, 0.717) is 5.92 Å². The summed E-state index contributed by atoms with van der Waals surface area (Å²) in [6, 6.07) is 13.0. The summed E-state index contributed by atoms with van der Waals surface area (Å²) in [6.45, 7) is 6.35. The number of benzene rings is 1. The Labute approximate surface area is 126 Å². The molecule has 2 aromatic rings. The molecule has 0 unspecified atom stereocenters. The molecule has 1 heterocycles. The van der Waals surface area contributed by atoms with Gasteiger partial charge >= 0.3 is 0 Å². The minimum absolute atomic E-state index is 0.607. The van der Waals surface area contributed by atoms with Crippen molar-refractivity contribution in [2.24, 2.45) is 0 Å². The molecule has 1 aromatic carbocycles. The maximum atomic E-state index is 4.11. The van der Waals surface area contributed by atoms with Crippen LogP contribution in [0.1, 0.15) is 30.9 Å². The van der Waals surface area contributed by atoms with Crippen LogP contribution >= 0.6 is 11.8 Å². The summed E-state index contributed by atoms with van der Waals surface area (Å²) in [7, 11) is 0. The molecule has 1 aromatic heterocycles. The maximum absolute atomic E-state index is 4.11. The fourth-order valence-corrected chi connectivity index (χ4v) is 2.74. The molecule has 0 aliphatic rings. The Kier molecular flexibility index (Phi) is 6.09. The number of aromatic nitrogens is 1. The van der Waals surface area contributed by atoms with Crippen molar-refractivity contribution in [3.8, 4) is 0 Å². The molecule has 0 fully saturated rings. The van der Waals surface area contributed by atoms with Crippen LogP contribution in [-0.4, -0.2) is 17.3 Å². The fraction of sp³-hybridized carbons (Fsp3) is 0.353. The number of rotatable bonds is 7. The van der Waals surface area contributed by atoms with Gasteiger partial charge in [-0.1, -0.05) is 32.0 Å². The van der Waals surface area contributed by atoms with Crippen LogP contribution in [-0.2, 0) is 6.54 Å². The Morgan fingerprint density at radius 2 is 1.95 bits per heavy atom. The van der Waals surface area contributed by atoms with Crippen molar-refractivity contribution in [3.05, 3.63) is 59.9 Å². The first-order valence-electron chi connectivity index (χ1n) is 7.08. The molecule has 0 atom stereocenters. The molecule has 3 heteroatoms. The predicted octanol–water partition coefficient (Wildman–Crippen LogP) is 4.09. The van der Waals surface area contributed by atoms with Gasteiger partial charge in [-0.25, -0.2) is 0 Å². The lowest BCUT2D eigenvalue weighted by molar-refractivity contribution is 0.729. The maximum Gasteiger partial charge on any atom is 0.0312 e. The van der Waals surface area contributed by atoms with E-state index >= 15 is 0 Å². The number of hydrogen-bond donors (Lipinski definition) is 1. The molecule has 2 rings (SSSR count). The molecule has 0 saturated carbocycles. The number of nitrogens with zero attached hydrogens (tertiary/aromatic N) is 1. The van der Waals surface area contributed by atoms with Crippen molar-refractivity contribution >= 4 is 11.8 Å². The largest absolute Gasteiger partial charge is 0.312 e. The summed E-state index contributed by atoms with van der Waals surface area (Å²) in [5.41, 5.74) is 2.64. The summed E-state index contributed by atoms with van der Waals surface area (Å²) < 4.78 is 0. The molecule has 0 bridgehead atoms. The summed E-state index contributed by atoms with van der Waals surface area (Å²) in [6.07, 6.45) is 3.71. The van der Waals surface area contributed by atoms with E-state index in [1.54, 1.807) is 6.20 Å². The Morgan fingerprint density at radius 1 is 1.15 bits per heavy atom. The van der Waals surface area contributed by atoms with E-state index in [1.165, 1.54) is 16.0 Å². The first kappa shape index (κ1) is 15.1. The van der Waals surface area contributed by atoms with Gasteiger partial charge in [-0.15, -0.1) is 11.8 Å². The Balaban J connectivity index is 1.66. The predicted molar refractivity (Wildman–Crippen MR) is 87.2 cm³/mol. The van der Waals surface area contributed by atoms with Gasteiger partial charge < -0.3 is 5.32 Å². The van der Waals surface area contributed by atoms with Gasteiger partial charge in [0.2, 0.25) is 0 Å². The SMILES string of the molecule is CC(C)c1ccc(SCCNCc2cccnc2)cc1. The molecule has 106 valence electrons. The molecule has 0 saturated heterocycles. The van der Waals surface area contributed by atoms with Gasteiger partial charge in [0, 0.05) is 36.1 Å². The Morgan fingerprint density at radius 3 is 2.60 bits per heavy atom. The fourth-order valence-electron chi connectivity index (χ4n) is 1.93. The lowest BCUT2D eigenvalue weighted by atomic mass is 10.0. The minimum atomic E-state index is 0.607. The van der Waals surface area contributed by atoms with Crippen LogP contribution in [0, 0.1) is 0 Å². The van der Waals surface area contributed by atoms with Crippen molar-refractivity contribution in [2.75, 3.05) is 12.3 Å². The number of hydrogen-bond acceptors (Lipinski definition) is 3. The lowest BCUT2D eigenvalue weighted by Gasteiger charge is -2.07. The number of nitrogens with one attached hydrogen (secondary N) is 1. The van der Waals surface area contributed by atoms with E-state index < -0.39 is 0 Å². The van der Waals surface area contributed by atoms with Crippen molar-refractivity contribution < 1.29 is 0 Å². The van der Waals surface area contributed by atoms with Crippen LogP contribution in [0.4, 0.5) is 0 Å². The molecular weight excluding hydrogens is 264 g/mol. The second-order valence-electron chi connectivity index (χ2n) is 5.11. The van der Waals surface area contributed by atoms with E-state index in [1.807, 2.05) is 24.0 Å². The summed E-state index contributed by atoms with van der Waals surface area (Å²) >= 11 is 1.90. The molecule has 0 aliphatic heterocycles. The van der Waals surface area contributed by atoms with Gasteiger partial charge in [0.15, 0.2) is 0 Å². The van der Waals surface area contributed by atoms with Crippen molar-refractivity contribution in [1.82, 2.24) is 10.3 Å². The highest BCUT2D eigenvalue weighted by Gasteiger charge is 1.99. The van der Waals surface area contributed by atoms with Gasteiger partial charge in [0.05, 0.1) is 0 Å². The molecular formula is C17H22N2S. The molecule has 0 radical (unpaired) electrons. The molecule has 0 spiro atoms. The Hall–Kier alpha value is -1.32. The van der Waals surface area contributed by atoms with Crippen LogP contribution in [0.5, 0.6) is 0 Å². The third kappa shape index (κ3) is 4.99. The second-order valence-corrected chi connectivity index (χ2v) is 6.28. The van der Waals surface area contributed by atoms with Crippen LogP contribution in [0.25, 0.3) is 0 Å². The third-order valence-corrected chi connectivity index (χ3v) is 4.16. The first-order chi connectivity index (χ1) is 9.75. The van der Waals surface area contributed by atoms with E-state index in [9.17, 15) is 0 Å². The number of pyridine rings is 1. The van der Waals surface area contributed by atoms with Gasteiger partial charge in [-0.2, -0.15) is 0 Å². The molecule has 0 amide bonds.